The monoisotopic (exact) mass is 288 g/mol. The average Bonchev–Trinajstić information content (AvgIpc) is 2.73. The minimum Gasteiger partial charge on any atom is -0.399 e. The average molecular weight is 289 g/mol. The number of benzene rings is 2. The molecule has 2 N–H and O–H groups in total. The number of nitrogens with two attached hydrogens (primary N) is 1. The van der Waals surface area contributed by atoms with Crippen LogP contribution in [0, 0.1) is 0 Å². The van der Waals surface area contributed by atoms with Gasteiger partial charge in [-0.05, 0) is 24.3 Å². The van der Waals surface area contributed by atoms with Crippen molar-refractivity contribution >= 4 is 32.6 Å². The molecule has 4 heteroatoms. The summed E-state index contributed by atoms with van der Waals surface area (Å²) in [5.74, 6) is 0. The van der Waals surface area contributed by atoms with E-state index >= 15 is 0 Å². The van der Waals surface area contributed by atoms with Gasteiger partial charge < -0.3 is 10.3 Å². The largest absolute Gasteiger partial charge is 0.399 e. The van der Waals surface area contributed by atoms with Crippen LogP contribution in [-0.4, -0.2) is 5.16 Å². The summed E-state index contributed by atoms with van der Waals surface area (Å²) in [5, 5.41) is 5.06. The highest BCUT2D eigenvalue weighted by Gasteiger charge is 2.09. The Bertz CT molecular complexity index is 673. The summed E-state index contributed by atoms with van der Waals surface area (Å²) in [6.07, 6.45) is 0. The molecule has 2 aromatic carbocycles. The SMILES string of the molecule is Nc1ccc2c(-c3ccc(Br)cc3)noc2c1. The van der Waals surface area contributed by atoms with E-state index in [1.807, 2.05) is 36.4 Å². The molecule has 3 nitrogen and oxygen atoms in total. The maximum absolute atomic E-state index is 5.70. The highest BCUT2D eigenvalue weighted by atomic mass is 79.9. The van der Waals surface area contributed by atoms with E-state index in [-0.39, 0.29) is 0 Å². The zero-order valence-electron chi connectivity index (χ0n) is 8.85. The number of nitrogens with zero attached hydrogens (tertiary/aromatic N) is 1. The Morgan fingerprint density at radius 2 is 1.82 bits per heavy atom. The number of hydrogen-bond acceptors (Lipinski definition) is 3. The van der Waals surface area contributed by atoms with Crippen LogP contribution in [0.5, 0.6) is 0 Å². The Morgan fingerprint density at radius 3 is 2.59 bits per heavy atom. The Kier molecular flexibility index (Phi) is 2.37. The van der Waals surface area contributed by atoms with Crippen molar-refractivity contribution in [3.05, 3.63) is 46.9 Å². The molecule has 0 aliphatic carbocycles. The number of halogens is 1. The third-order valence-electron chi connectivity index (χ3n) is 2.61. The van der Waals surface area contributed by atoms with E-state index in [0.29, 0.717) is 11.3 Å². The lowest BCUT2D eigenvalue weighted by molar-refractivity contribution is 0.459. The van der Waals surface area contributed by atoms with E-state index in [1.165, 1.54) is 0 Å². The minimum absolute atomic E-state index is 0.677. The van der Waals surface area contributed by atoms with E-state index in [2.05, 4.69) is 21.1 Å². The summed E-state index contributed by atoms with van der Waals surface area (Å²) in [6.45, 7) is 0. The zero-order chi connectivity index (χ0) is 11.8. The number of nitrogen functional groups attached to an aromatic ring is 1. The summed E-state index contributed by atoms with van der Waals surface area (Å²) >= 11 is 3.41. The van der Waals surface area contributed by atoms with Gasteiger partial charge >= 0.3 is 0 Å². The van der Waals surface area contributed by atoms with Gasteiger partial charge in [-0.15, -0.1) is 0 Å². The molecule has 0 unspecified atom stereocenters. The molecule has 0 bridgehead atoms. The van der Waals surface area contributed by atoms with Crippen molar-refractivity contribution in [2.24, 2.45) is 0 Å². The quantitative estimate of drug-likeness (QED) is 0.692. The maximum atomic E-state index is 5.70. The van der Waals surface area contributed by atoms with E-state index in [9.17, 15) is 0 Å². The van der Waals surface area contributed by atoms with E-state index in [1.54, 1.807) is 6.07 Å². The molecule has 0 aliphatic rings. The molecule has 0 fully saturated rings. The molecule has 0 saturated heterocycles. The molecular weight excluding hydrogens is 280 g/mol. The number of fused-ring (bicyclic) bond motifs is 1. The van der Waals surface area contributed by atoms with Gasteiger partial charge in [-0.2, -0.15) is 0 Å². The highest BCUT2D eigenvalue weighted by Crippen LogP contribution is 2.29. The molecule has 84 valence electrons. The number of anilines is 1. The first-order valence-electron chi connectivity index (χ1n) is 5.15. The Morgan fingerprint density at radius 1 is 1.06 bits per heavy atom. The normalized spacial score (nSPS) is 10.9. The van der Waals surface area contributed by atoms with Crippen LogP contribution in [0.15, 0.2) is 51.5 Å². The molecule has 0 atom stereocenters. The molecule has 0 radical (unpaired) electrons. The van der Waals surface area contributed by atoms with Crippen LogP contribution in [0.3, 0.4) is 0 Å². The standard InChI is InChI=1S/C13H9BrN2O/c14-9-3-1-8(2-4-9)13-11-6-5-10(15)7-12(11)17-16-13/h1-7H,15H2. The Balaban J connectivity index is 2.21. The molecule has 0 spiro atoms. The molecule has 17 heavy (non-hydrogen) atoms. The summed E-state index contributed by atoms with van der Waals surface area (Å²) in [7, 11) is 0. The van der Waals surface area contributed by atoms with Crippen LogP contribution in [0.2, 0.25) is 0 Å². The summed E-state index contributed by atoms with van der Waals surface area (Å²) in [6, 6.07) is 13.5. The molecular formula is C13H9BrN2O. The van der Waals surface area contributed by atoms with Gasteiger partial charge in [0.05, 0.1) is 0 Å². The van der Waals surface area contributed by atoms with Gasteiger partial charge in [-0.1, -0.05) is 33.2 Å². The van der Waals surface area contributed by atoms with Crippen LogP contribution < -0.4 is 5.73 Å². The first-order chi connectivity index (χ1) is 8.24. The summed E-state index contributed by atoms with van der Waals surface area (Å²) < 4.78 is 6.31. The zero-order valence-corrected chi connectivity index (χ0v) is 10.4. The lowest BCUT2D eigenvalue weighted by atomic mass is 10.1. The van der Waals surface area contributed by atoms with E-state index in [0.717, 1.165) is 21.1 Å². The molecule has 0 amide bonds. The summed E-state index contributed by atoms with van der Waals surface area (Å²) in [4.78, 5) is 0. The molecule has 3 aromatic rings. The van der Waals surface area contributed by atoms with Gasteiger partial charge in [0.15, 0.2) is 5.58 Å². The number of aromatic nitrogens is 1. The van der Waals surface area contributed by atoms with Gasteiger partial charge in [-0.3, -0.25) is 0 Å². The highest BCUT2D eigenvalue weighted by molar-refractivity contribution is 9.10. The van der Waals surface area contributed by atoms with Gasteiger partial charge in [0, 0.05) is 27.2 Å². The topological polar surface area (TPSA) is 52.0 Å². The molecule has 3 rings (SSSR count). The van der Waals surface area contributed by atoms with Crippen molar-refractivity contribution in [3.8, 4) is 11.3 Å². The molecule has 0 aliphatic heterocycles. The van der Waals surface area contributed by atoms with Crippen molar-refractivity contribution in [3.63, 3.8) is 0 Å². The second-order valence-electron chi connectivity index (χ2n) is 3.79. The second kappa shape index (κ2) is 3.89. The smallest absolute Gasteiger partial charge is 0.169 e. The number of rotatable bonds is 1. The van der Waals surface area contributed by atoms with Crippen LogP contribution in [0.1, 0.15) is 0 Å². The predicted octanol–water partition coefficient (Wildman–Crippen LogP) is 3.84. The Hall–Kier alpha value is -1.81. The van der Waals surface area contributed by atoms with Gasteiger partial charge in [0.2, 0.25) is 0 Å². The van der Waals surface area contributed by atoms with Crippen molar-refractivity contribution in [1.82, 2.24) is 5.16 Å². The van der Waals surface area contributed by atoms with Crippen molar-refractivity contribution in [2.45, 2.75) is 0 Å². The Labute approximate surface area is 106 Å². The van der Waals surface area contributed by atoms with Crippen molar-refractivity contribution in [1.29, 1.82) is 0 Å². The lowest BCUT2D eigenvalue weighted by Crippen LogP contribution is -1.82. The molecule has 1 aromatic heterocycles. The summed E-state index contributed by atoms with van der Waals surface area (Å²) in [5.41, 5.74) is 8.95. The first kappa shape index (κ1) is 10.4. The fourth-order valence-electron chi connectivity index (χ4n) is 1.77. The van der Waals surface area contributed by atoms with Crippen LogP contribution in [0.25, 0.3) is 22.2 Å². The third kappa shape index (κ3) is 1.80. The van der Waals surface area contributed by atoms with Gasteiger partial charge in [0.25, 0.3) is 0 Å². The molecule has 0 saturated carbocycles. The predicted molar refractivity (Wildman–Crippen MR) is 71.6 cm³/mol. The van der Waals surface area contributed by atoms with Crippen LogP contribution >= 0.6 is 15.9 Å². The van der Waals surface area contributed by atoms with Crippen LogP contribution in [-0.2, 0) is 0 Å². The second-order valence-corrected chi connectivity index (χ2v) is 4.71. The van der Waals surface area contributed by atoms with Gasteiger partial charge in [0.1, 0.15) is 5.69 Å². The lowest BCUT2D eigenvalue weighted by Gasteiger charge is -1.97. The first-order valence-corrected chi connectivity index (χ1v) is 5.94. The van der Waals surface area contributed by atoms with Crippen molar-refractivity contribution in [2.75, 3.05) is 5.73 Å². The van der Waals surface area contributed by atoms with Crippen molar-refractivity contribution < 1.29 is 4.52 Å². The van der Waals surface area contributed by atoms with Crippen LogP contribution in [0.4, 0.5) is 5.69 Å². The third-order valence-corrected chi connectivity index (χ3v) is 3.14. The number of hydrogen-bond donors (Lipinski definition) is 1. The van der Waals surface area contributed by atoms with Gasteiger partial charge in [-0.25, -0.2) is 0 Å². The fraction of sp³-hybridized carbons (Fsp3) is 0. The fourth-order valence-corrected chi connectivity index (χ4v) is 2.03. The maximum Gasteiger partial charge on any atom is 0.169 e. The molecule has 1 heterocycles. The minimum atomic E-state index is 0.677. The van der Waals surface area contributed by atoms with E-state index < -0.39 is 0 Å². The van der Waals surface area contributed by atoms with E-state index in [4.69, 9.17) is 10.3 Å².